The van der Waals surface area contributed by atoms with Crippen LogP contribution in [0.1, 0.15) is 36.0 Å². The number of thioether (sulfide) groups is 1. The zero-order chi connectivity index (χ0) is 15.5. The van der Waals surface area contributed by atoms with Gasteiger partial charge in [0.1, 0.15) is 0 Å². The van der Waals surface area contributed by atoms with Gasteiger partial charge in [-0.25, -0.2) is 4.98 Å². The lowest BCUT2D eigenvalue weighted by Crippen LogP contribution is -1.99. The second kappa shape index (κ2) is 6.58. The van der Waals surface area contributed by atoms with Crippen LogP contribution in [0.5, 0.6) is 0 Å². The predicted octanol–water partition coefficient (Wildman–Crippen LogP) is 3.84. The molecule has 0 aliphatic rings. The van der Waals surface area contributed by atoms with E-state index in [1.165, 1.54) is 10.6 Å². The zero-order valence-corrected chi connectivity index (χ0v) is 14.4. The number of aryl methyl sites for hydroxylation is 1. The summed E-state index contributed by atoms with van der Waals surface area (Å²) in [6.07, 6.45) is 0. The molecule has 0 unspecified atom stereocenters. The number of thiazole rings is 1. The minimum atomic E-state index is 0.474. The Balaban J connectivity index is 1.73. The smallest absolute Gasteiger partial charge is 0.214 e. The summed E-state index contributed by atoms with van der Waals surface area (Å²) < 4.78 is 1.76. The number of nitrogens with zero attached hydrogens (tertiary/aromatic N) is 5. The highest BCUT2D eigenvalue weighted by Crippen LogP contribution is 2.25. The van der Waals surface area contributed by atoms with E-state index in [4.69, 9.17) is 0 Å². The highest BCUT2D eigenvalue weighted by atomic mass is 32.2. The van der Waals surface area contributed by atoms with Crippen LogP contribution in [-0.4, -0.2) is 25.2 Å². The van der Waals surface area contributed by atoms with Gasteiger partial charge in [0.25, 0.3) is 0 Å². The molecule has 0 N–H and O–H groups in total. The van der Waals surface area contributed by atoms with E-state index in [1.54, 1.807) is 27.8 Å². The molecule has 0 saturated carbocycles. The Morgan fingerprint density at radius 3 is 2.68 bits per heavy atom. The Hall–Kier alpha value is -1.73. The van der Waals surface area contributed by atoms with Crippen molar-refractivity contribution in [3.05, 3.63) is 45.9 Å². The summed E-state index contributed by atoms with van der Waals surface area (Å²) in [5, 5.41) is 16.1. The van der Waals surface area contributed by atoms with Crippen LogP contribution >= 0.6 is 23.1 Å². The van der Waals surface area contributed by atoms with Crippen LogP contribution in [0.3, 0.4) is 0 Å². The van der Waals surface area contributed by atoms with Crippen LogP contribution < -0.4 is 0 Å². The third kappa shape index (κ3) is 3.36. The van der Waals surface area contributed by atoms with Gasteiger partial charge in [-0.3, -0.25) is 0 Å². The summed E-state index contributed by atoms with van der Waals surface area (Å²) in [5.41, 5.74) is 3.27. The molecule has 0 spiro atoms. The SMILES string of the molecule is Cc1ccc(-n2nnnc2SCc2csc(C(C)C)n2)cc1. The maximum Gasteiger partial charge on any atom is 0.214 e. The van der Waals surface area contributed by atoms with Crippen molar-refractivity contribution < 1.29 is 0 Å². The van der Waals surface area contributed by atoms with Crippen molar-refractivity contribution in [1.29, 1.82) is 0 Å². The third-order valence-corrected chi connectivity index (χ3v) is 5.28. The van der Waals surface area contributed by atoms with E-state index < -0.39 is 0 Å². The standard InChI is InChI=1S/C15H17N5S2/c1-10(2)14-16-12(8-21-14)9-22-15-17-18-19-20(15)13-6-4-11(3)5-7-13/h4-8,10H,9H2,1-3H3. The van der Waals surface area contributed by atoms with Gasteiger partial charge < -0.3 is 0 Å². The molecule has 0 atom stereocenters. The second-order valence-electron chi connectivity index (χ2n) is 5.33. The highest BCUT2D eigenvalue weighted by Gasteiger charge is 2.11. The number of hydrogen-bond donors (Lipinski definition) is 0. The normalized spacial score (nSPS) is 11.3. The minimum Gasteiger partial charge on any atom is -0.245 e. The van der Waals surface area contributed by atoms with Crippen LogP contribution in [0, 0.1) is 6.92 Å². The number of hydrogen-bond acceptors (Lipinski definition) is 6. The maximum absolute atomic E-state index is 4.64. The first-order chi connectivity index (χ1) is 10.6. The fraction of sp³-hybridized carbons (Fsp3) is 0.333. The van der Waals surface area contributed by atoms with E-state index in [0.29, 0.717) is 5.92 Å². The lowest BCUT2D eigenvalue weighted by Gasteiger charge is -2.04. The molecule has 3 aromatic rings. The van der Waals surface area contributed by atoms with Gasteiger partial charge in [0.2, 0.25) is 5.16 Å². The Morgan fingerprint density at radius 1 is 1.23 bits per heavy atom. The highest BCUT2D eigenvalue weighted by molar-refractivity contribution is 7.98. The molecule has 0 saturated heterocycles. The predicted molar refractivity (Wildman–Crippen MR) is 89.7 cm³/mol. The first-order valence-corrected chi connectivity index (χ1v) is 8.92. The molecule has 5 nitrogen and oxygen atoms in total. The average Bonchev–Trinajstić information content (AvgIpc) is 3.15. The van der Waals surface area contributed by atoms with Gasteiger partial charge >= 0.3 is 0 Å². The average molecular weight is 331 g/mol. The van der Waals surface area contributed by atoms with Crippen molar-refractivity contribution in [3.8, 4) is 5.69 Å². The van der Waals surface area contributed by atoms with Gasteiger partial charge in [-0.2, -0.15) is 4.68 Å². The van der Waals surface area contributed by atoms with Crippen LogP contribution in [0.2, 0.25) is 0 Å². The van der Waals surface area contributed by atoms with Crippen molar-refractivity contribution in [2.24, 2.45) is 0 Å². The molecule has 114 valence electrons. The van der Waals surface area contributed by atoms with Crippen molar-refractivity contribution in [2.45, 2.75) is 37.6 Å². The second-order valence-corrected chi connectivity index (χ2v) is 7.16. The Morgan fingerprint density at radius 2 is 2.00 bits per heavy atom. The van der Waals surface area contributed by atoms with E-state index in [0.717, 1.165) is 22.3 Å². The molecule has 2 heterocycles. The fourth-order valence-corrected chi connectivity index (χ4v) is 3.63. The molecule has 0 aliphatic carbocycles. The third-order valence-electron chi connectivity index (χ3n) is 3.13. The molecule has 22 heavy (non-hydrogen) atoms. The summed E-state index contributed by atoms with van der Waals surface area (Å²) >= 11 is 3.32. The molecular formula is C15H17N5S2. The first-order valence-electron chi connectivity index (χ1n) is 7.06. The topological polar surface area (TPSA) is 56.5 Å². The monoisotopic (exact) mass is 331 g/mol. The number of tetrazole rings is 1. The Kier molecular flexibility index (Phi) is 4.54. The summed E-state index contributed by atoms with van der Waals surface area (Å²) in [4.78, 5) is 4.64. The first kappa shape index (κ1) is 15.2. The quantitative estimate of drug-likeness (QED) is 0.665. The molecule has 1 aromatic carbocycles. The van der Waals surface area contributed by atoms with E-state index in [2.05, 4.69) is 58.8 Å². The van der Waals surface area contributed by atoms with Gasteiger partial charge in [0.05, 0.1) is 16.4 Å². The molecule has 0 bridgehead atoms. The van der Waals surface area contributed by atoms with Crippen LogP contribution in [0.25, 0.3) is 5.69 Å². The largest absolute Gasteiger partial charge is 0.245 e. The molecule has 0 aliphatic heterocycles. The summed E-state index contributed by atoms with van der Waals surface area (Å²) in [5.74, 6) is 1.25. The van der Waals surface area contributed by atoms with Crippen molar-refractivity contribution in [1.82, 2.24) is 25.2 Å². The molecule has 0 radical (unpaired) electrons. The summed E-state index contributed by atoms with van der Waals surface area (Å²) in [7, 11) is 0. The van der Waals surface area contributed by atoms with Crippen LogP contribution in [0.4, 0.5) is 0 Å². The maximum atomic E-state index is 4.64. The zero-order valence-electron chi connectivity index (χ0n) is 12.7. The van der Waals surface area contributed by atoms with E-state index >= 15 is 0 Å². The van der Waals surface area contributed by atoms with E-state index in [9.17, 15) is 0 Å². The molecular weight excluding hydrogens is 314 g/mol. The van der Waals surface area contributed by atoms with Gasteiger partial charge in [-0.1, -0.05) is 43.3 Å². The van der Waals surface area contributed by atoms with Gasteiger partial charge in [-0.15, -0.1) is 16.4 Å². The minimum absolute atomic E-state index is 0.474. The lowest BCUT2D eigenvalue weighted by molar-refractivity contribution is 0.756. The number of benzene rings is 1. The van der Waals surface area contributed by atoms with Crippen LogP contribution in [-0.2, 0) is 5.75 Å². The molecule has 2 aromatic heterocycles. The molecule has 0 fully saturated rings. The fourth-order valence-electron chi connectivity index (χ4n) is 1.91. The lowest BCUT2D eigenvalue weighted by atomic mass is 10.2. The summed E-state index contributed by atoms with van der Waals surface area (Å²) in [6.45, 7) is 6.38. The van der Waals surface area contributed by atoms with Crippen molar-refractivity contribution >= 4 is 23.1 Å². The Labute approximate surface area is 137 Å². The van der Waals surface area contributed by atoms with E-state index in [-0.39, 0.29) is 0 Å². The number of rotatable bonds is 5. The molecule has 0 amide bonds. The van der Waals surface area contributed by atoms with Crippen molar-refractivity contribution in [2.75, 3.05) is 0 Å². The number of aromatic nitrogens is 5. The van der Waals surface area contributed by atoms with Crippen LogP contribution in [0.15, 0.2) is 34.8 Å². The Bertz CT molecular complexity index is 745. The van der Waals surface area contributed by atoms with Gasteiger partial charge in [-0.05, 0) is 29.5 Å². The van der Waals surface area contributed by atoms with Gasteiger partial charge in [0.15, 0.2) is 0 Å². The molecule has 7 heteroatoms. The van der Waals surface area contributed by atoms with Crippen molar-refractivity contribution in [3.63, 3.8) is 0 Å². The molecule has 3 rings (SSSR count). The van der Waals surface area contributed by atoms with E-state index in [1.807, 2.05) is 12.1 Å². The summed E-state index contributed by atoms with van der Waals surface area (Å²) in [6, 6.07) is 8.16. The van der Waals surface area contributed by atoms with Gasteiger partial charge in [0, 0.05) is 17.1 Å².